The highest BCUT2D eigenvalue weighted by Crippen LogP contribution is 2.27. The normalized spacial score (nSPS) is 11.7. The number of carbonyl (C=O) groups excluding carboxylic acids is 2. The molecule has 0 saturated heterocycles. The molecule has 7 heteroatoms. The Hall–Kier alpha value is -2.05. The van der Waals surface area contributed by atoms with Gasteiger partial charge in [-0.1, -0.05) is 23.7 Å². The number of ether oxygens (including phenoxy) is 1. The molecule has 0 aliphatic heterocycles. The predicted octanol–water partition coefficient (Wildman–Crippen LogP) is 2.76. The largest absolute Gasteiger partial charge is 0.483 e. The van der Waals surface area contributed by atoms with E-state index in [1.165, 1.54) is 11.3 Å². The fraction of sp³-hybridized carbons (Fsp3) is 0.200. The molecule has 1 aromatic carbocycles. The Morgan fingerprint density at radius 2 is 2.05 bits per heavy atom. The average molecular weight is 339 g/mol. The summed E-state index contributed by atoms with van der Waals surface area (Å²) in [6.45, 7) is 1.59. The molecule has 0 aliphatic rings. The first-order valence-electron chi connectivity index (χ1n) is 6.53. The summed E-state index contributed by atoms with van der Waals surface area (Å²) in [4.78, 5) is 24.1. The minimum Gasteiger partial charge on any atom is -0.483 e. The van der Waals surface area contributed by atoms with Crippen LogP contribution in [0.25, 0.3) is 0 Å². The van der Waals surface area contributed by atoms with Crippen LogP contribution in [0.5, 0.6) is 5.75 Å². The summed E-state index contributed by atoms with van der Waals surface area (Å²) in [6, 6.07) is 10.1. The molecule has 1 heterocycles. The molecular weight excluding hydrogens is 324 g/mol. The lowest BCUT2D eigenvalue weighted by Gasteiger charge is -2.14. The van der Waals surface area contributed by atoms with Crippen LogP contribution in [0.4, 0.5) is 0 Å². The second-order valence-corrected chi connectivity index (χ2v) is 6.33. The fourth-order valence-electron chi connectivity index (χ4n) is 1.84. The molecule has 3 N–H and O–H groups in total. The molecule has 0 bridgehead atoms. The number of carbonyl (C=O) groups is 2. The SMILES string of the molecule is C[C@H](NC(=O)c1ccccc1OCC(N)=O)c1ccc(Cl)s1. The lowest BCUT2D eigenvalue weighted by atomic mass is 10.1. The molecular formula is C15H15ClN2O3S. The summed E-state index contributed by atoms with van der Waals surface area (Å²) in [5.74, 6) is -0.580. The topological polar surface area (TPSA) is 81.4 Å². The van der Waals surface area contributed by atoms with Crippen molar-refractivity contribution in [3.63, 3.8) is 0 Å². The summed E-state index contributed by atoms with van der Waals surface area (Å²) in [5.41, 5.74) is 5.40. The Bertz CT molecular complexity index is 687. The molecule has 0 spiro atoms. The highest BCUT2D eigenvalue weighted by molar-refractivity contribution is 7.16. The van der Waals surface area contributed by atoms with E-state index < -0.39 is 5.91 Å². The Morgan fingerprint density at radius 3 is 2.68 bits per heavy atom. The van der Waals surface area contributed by atoms with E-state index in [1.54, 1.807) is 30.3 Å². The van der Waals surface area contributed by atoms with Gasteiger partial charge in [-0.3, -0.25) is 9.59 Å². The number of nitrogens with one attached hydrogen (secondary N) is 1. The third-order valence-corrected chi connectivity index (χ3v) is 4.28. The summed E-state index contributed by atoms with van der Waals surface area (Å²) >= 11 is 7.31. The van der Waals surface area contributed by atoms with Gasteiger partial charge in [-0.05, 0) is 31.2 Å². The maximum Gasteiger partial charge on any atom is 0.255 e. The van der Waals surface area contributed by atoms with Crippen molar-refractivity contribution in [1.82, 2.24) is 5.32 Å². The number of primary amides is 1. The monoisotopic (exact) mass is 338 g/mol. The van der Waals surface area contributed by atoms with E-state index in [-0.39, 0.29) is 18.6 Å². The number of thiophene rings is 1. The van der Waals surface area contributed by atoms with E-state index in [0.717, 1.165) is 4.88 Å². The second-order valence-electron chi connectivity index (χ2n) is 4.59. The van der Waals surface area contributed by atoms with E-state index in [2.05, 4.69) is 5.32 Å². The van der Waals surface area contributed by atoms with Crippen molar-refractivity contribution in [3.8, 4) is 5.75 Å². The molecule has 22 heavy (non-hydrogen) atoms. The van der Waals surface area contributed by atoms with Gasteiger partial charge >= 0.3 is 0 Å². The molecule has 116 valence electrons. The van der Waals surface area contributed by atoms with E-state index in [4.69, 9.17) is 22.1 Å². The molecule has 2 aromatic rings. The van der Waals surface area contributed by atoms with Crippen molar-refractivity contribution in [2.75, 3.05) is 6.61 Å². The van der Waals surface area contributed by atoms with Crippen LogP contribution < -0.4 is 15.8 Å². The van der Waals surface area contributed by atoms with Crippen molar-refractivity contribution < 1.29 is 14.3 Å². The van der Waals surface area contributed by atoms with Crippen LogP contribution in [0, 0.1) is 0 Å². The third-order valence-electron chi connectivity index (χ3n) is 2.87. The molecule has 0 saturated carbocycles. The average Bonchev–Trinajstić information content (AvgIpc) is 2.92. The first-order valence-corrected chi connectivity index (χ1v) is 7.73. The first kappa shape index (κ1) is 16.3. The van der Waals surface area contributed by atoms with Gasteiger partial charge in [0.15, 0.2) is 6.61 Å². The second kappa shape index (κ2) is 7.29. The molecule has 0 fully saturated rings. The van der Waals surface area contributed by atoms with Crippen molar-refractivity contribution >= 4 is 34.8 Å². The van der Waals surface area contributed by atoms with Gasteiger partial charge in [0.05, 0.1) is 15.9 Å². The van der Waals surface area contributed by atoms with Gasteiger partial charge in [0.25, 0.3) is 11.8 Å². The predicted molar refractivity (Wildman–Crippen MR) is 86.3 cm³/mol. The van der Waals surface area contributed by atoms with E-state index in [1.807, 2.05) is 13.0 Å². The van der Waals surface area contributed by atoms with Crippen LogP contribution in [0.1, 0.15) is 28.2 Å². The first-order chi connectivity index (χ1) is 10.5. The zero-order chi connectivity index (χ0) is 16.1. The highest BCUT2D eigenvalue weighted by Gasteiger charge is 2.16. The Kier molecular flexibility index (Phi) is 5.41. The quantitative estimate of drug-likeness (QED) is 0.849. The zero-order valence-electron chi connectivity index (χ0n) is 11.8. The number of rotatable bonds is 6. The van der Waals surface area contributed by atoms with Gasteiger partial charge in [0.2, 0.25) is 0 Å². The summed E-state index contributed by atoms with van der Waals surface area (Å²) < 4.78 is 5.93. The van der Waals surface area contributed by atoms with E-state index in [0.29, 0.717) is 15.6 Å². The minimum absolute atomic E-state index is 0.186. The highest BCUT2D eigenvalue weighted by atomic mass is 35.5. The molecule has 0 radical (unpaired) electrons. The maximum atomic E-state index is 12.4. The van der Waals surface area contributed by atoms with Gasteiger partial charge in [0.1, 0.15) is 5.75 Å². The summed E-state index contributed by atoms with van der Waals surface area (Å²) in [6.07, 6.45) is 0. The van der Waals surface area contributed by atoms with Crippen LogP contribution in [0.3, 0.4) is 0 Å². The van der Waals surface area contributed by atoms with Gasteiger partial charge in [0, 0.05) is 4.88 Å². The number of nitrogens with two attached hydrogens (primary N) is 1. The van der Waals surface area contributed by atoms with E-state index >= 15 is 0 Å². The number of benzene rings is 1. The molecule has 0 aliphatic carbocycles. The Labute approximate surface area is 137 Å². The minimum atomic E-state index is -0.600. The van der Waals surface area contributed by atoms with Crippen molar-refractivity contribution in [2.45, 2.75) is 13.0 Å². The number of para-hydroxylation sites is 1. The van der Waals surface area contributed by atoms with E-state index in [9.17, 15) is 9.59 Å². The molecule has 2 amide bonds. The maximum absolute atomic E-state index is 12.4. The van der Waals surface area contributed by atoms with Gasteiger partial charge in [-0.25, -0.2) is 0 Å². The fourth-order valence-corrected chi connectivity index (χ4v) is 2.90. The molecule has 0 unspecified atom stereocenters. The van der Waals surface area contributed by atoms with Crippen LogP contribution >= 0.6 is 22.9 Å². The number of hydrogen-bond donors (Lipinski definition) is 2. The van der Waals surface area contributed by atoms with Crippen molar-refractivity contribution in [3.05, 3.63) is 51.2 Å². The number of amides is 2. The van der Waals surface area contributed by atoms with Crippen molar-refractivity contribution in [1.29, 1.82) is 0 Å². The van der Waals surface area contributed by atoms with Crippen LogP contribution in [0.2, 0.25) is 4.34 Å². The smallest absolute Gasteiger partial charge is 0.255 e. The standard InChI is InChI=1S/C15H15ClN2O3S/c1-9(12-6-7-13(16)22-12)18-15(20)10-4-2-3-5-11(10)21-8-14(17)19/h2-7,9H,8H2,1H3,(H2,17,19)(H,18,20)/t9-/m0/s1. The molecule has 1 aromatic heterocycles. The molecule has 2 rings (SSSR count). The van der Waals surface area contributed by atoms with Gasteiger partial charge in [-0.2, -0.15) is 0 Å². The van der Waals surface area contributed by atoms with Gasteiger partial charge in [-0.15, -0.1) is 11.3 Å². The zero-order valence-corrected chi connectivity index (χ0v) is 13.4. The molecule has 1 atom stereocenters. The van der Waals surface area contributed by atoms with Crippen LogP contribution in [-0.2, 0) is 4.79 Å². The van der Waals surface area contributed by atoms with Gasteiger partial charge < -0.3 is 15.8 Å². The lowest BCUT2D eigenvalue weighted by molar-refractivity contribution is -0.119. The Balaban J connectivity index is 2.10. The summed E-state index contributed by atoms with van der Waals surface area (Å²) in [5, 5.41) is 2.87. The third kappa shape index (κ3) is 4.22. The van der Waals surface area contributed by atoms with Crippen molar-refractivity contribution in [2.24, 2.45) is 5.73 Å². The lowest BCUT2D eigenvalue weighted by Crippen LogP contribution is -2.27. The number of halogens is 1. The number of hydrogen-bond acceptors (Lipinski definition) is 4. The summed E-state index contributed by atoms with van der Waals surface area (Å²) in [7, 11) is 0. The Morgan fingerprint density at radius 1 is 1.32 bits per heavy atom. The molecule has 5 nitrogen and oxygen atoms in total. The van der Waals surface area contributed by atoms with Crippen LogP contribution in [0.15, 0.2) is 36.4 Å². The van der Waals surface area contributed by atoms with Crippen LogP contribution in [-0.4, -0.2) is 18.4 Å².